The van der Waals surface area contributed by atoms with E-state index in [0.717, 1.165) is 21.2 Å². The maximum Gasteiger partial charge on any atom is 0.162 e. The molecule has 2 nitrogen and oxygen atoms in total. The molecule has 27 heavy (non-hydrogen) atoms. The molecule has 0 bridgehead atoms. The number of halogens is 1. The smallest absolute Gasteiger partial charge is 0.162 e. The molecule has 1 aliphatic rings. The van der Waals surface area contributed by atoms with E-state index in [9.17, 15) is 10.2 Å². The first-order chi connectivity index (χ1) is 12.1. The molecule has 0 spiro atoms. The SMILES string of the molecule is OC(O)[C@@]1(c2ccc(Br)cc2)CC1(c1ccccc1)c1ccccc1.[Rh].[Rh]. The van der Waals surface area contributed by atoms with Gasteiger partial charge in [0.25, 0.3) is 0 Å². The zero-order valence-electron chi connectivity index (χ0n) is 14.3. The van der Waals surface area contributed by atoms with Gasteiger partial charge in [-0.15, -0.1) is 0 Å². The Balaban J connectivity index is 0.00000131. The monoisotopic (exact) mass is 600 g/mol. The van der Waals surface area contributed by atoms with E-state index in [-0.39, 0.29) is 39.0 Å². The van der Waals surface area contributed by atoms with Crippen molar-refractivity contribution >= 4 is 15.9 Å². The molecule has 0 unspecified atom stereocenters. The molecule has 1 fully saturated rings. The van der Waals surface area contributed by atoms with Crippen LogP contribution in [0.15, 0.2) is 89.4 Å². The van der Waals surface area contributed by atoms with Crippen LogP contribution in [0.4, 0.5) is 0 Å². The predicted octanol–water partition coefficient (Wildman–Crippen LogP) is 4.38. The summed E-state index contributed by atoms with van der Waals surface area (Å²) in [7, 11) is 0. The van der Waals surface area contributed by atoms with Crippen LogP contribution in [0.25, 0.3) is 0 Å². The summed E-state index contributed by atoms with van der Waals surface area (Å²) in [5, 5.41) is 20.9. The van der Waals surface area contributed by atoms with Crippen molar-refractivity contribution in [2.24, 2.45) is 0 Å². The summed E-state index contributed by atoms with van der Waals surface area (Å²) in [5.74, 6) is 0. The van der Waals surface area contributed by atoms with E-state index >= 15 is 0 Å². The van der Waals surface area contributed by atoms with Crippen LogP contribution >= 0.6 is 15.9 Å². The van der Waals surface area contributed by atoms with Gasteiger partial charge in [0.2, 0.25) is 0 Å². The summed E-state index contributed by atoms with van der Waals surface area (Å²) in [6.45, 7) is 0. The van der Waals surface area contributed by atoms with Crippen molar-refractivity contribution in [2.45, 2.75) is 23.5 Å². The van der Waals surface area contributed by atoms with Crippen LogP contribution in [-0.2, 0) is 49.8 Å². The minimum Gasteiger partial charge on any atom is -0.367 e. The van der Waals surface area contributed by atoms with E-state index in [1.165, 1.54) is 0 Å². The van der Waals surface area contributed by atoms with E-state index < -0.39 is 17.1 Å². The van der Waals surface area contributed by atoms with E-state index in [0.29, 0.717) is 6.42 Å². The summed E-state index contributed by atoms with van der Waals surface area (Å²) >= 11 is 3.46. The van der Waals surface area contributed by atoms with Crippen LogP contribution in [0.5, 0.6) is 0 Å². The van der Waals surface area contributed by atoms with Gasteiger partial charge in [-0.05, 0) is 35.2 Å². The minimum absolute atomic E-state index is 0. The maximum absolute atomic E-state index is 10.5. The fraction of sp³-hybridized carbons (Fsp3) is 0.182. The molecule has 4 rings (SSSR count). The van der Waals surface area contributed by atoms with Crippen molar-refractivity contribution < 1.29 is 49.2 Å². The van der Waals surface area contributed by atoms with E-state index in [2.05, 4.69) is 40.2 Å². The van der Waals surface area contributed by atoms with Crippen molar-refractivity contribution in [3.8, 4) is 0 Å². The van der Waals surface area contributed by atoms with Crippen molar-refractivity contribution in [3.05, 3.63) is 106 Å². The van der Waals surface area contributed by atoms with Crippen LogP contribution in [-0.4, -0.2) is 16.5 Å². The molecule has 0 aliphatic heterocycles. The van der Waals surface area contributed by atoms with Gasteiger partial charge >= 0.3 is 0 Å². The molecule has 5 heteroatoms. The molecule has 3 aromatic carbocycles. The number of hydrogen-bond donors (Lipinski definition) is 2. The number of hydrogen-bond acceptors (Lipinski definition) is 2. The second-order valence-electron chi connectivity index (χ2n) is 6.67. The number of aliphatic hydroxyl groups excluding tert-OH is 1. The number of aliphatic hydroxyl groups is 2. The third-order valence-corrected chi connectivity index (χ3v) is 6.04. The molecule has 0 saturated heterocycles. The quantitative estimate of drug-likeness (QED) is 0.345. The third kappa shape index (κ3) is 3.54. The molecule has 2 N–H and O–H groups in total. The molecule has 3 aromatic rings. The van der Waals surface area contributed by atoms with E-state index in [4.69, 9.17) is 0 Å². The van der Waals surface area contributed by atoms with Gasteiger partial charge < -0.3 is 10.2 Å². The van der Waals surface area contributed by atoms with Crippen molar-refractivity contribution in [2.75, 3.05) is 0 Å². The van der Waals surface area contributed by atoms with Crippen molar-refractivity contribution in [1.29, 1.82) is 0 Å². The minimum atomic E-state index is -1.45. The van der Waals surface area contributed by atoms with E-state index in [1.807, 2.05) is 60.7 Å². The maximum atomic E-state index is 10.5. The van der Waals surface area contributed by atoms with Gasteiger partial charge in [0.15, 0.2) is 6.29 Å². The summed E-state index contributed by atoms with van der Waals surface area (Å²) < 4.78 is 0.976. The van der Waals surface area contributed by atoms with Crippen LogP contribution in [0.3, 0.4) is 0 Å². The van der Waals surface area contributed by atoms with E-state index in [1.54, 1.807) is 0 Å². The fourth-order valence-electron chi connectivity index (χ4n) is 4.26. The van der Waals surface area contributed by atoms with Gasteiger partial charge in [0, 0.05) is 48.8 Å². The zero-order valence-corrected chi connectivity index (χ0v) is 19.2. The van der Waals surface area contributed by atoms with Gasteiger partial charge in [-0.25, -0.2) is 0 Å². The second kappa shape index (κ2) is 8.76. The van der Waals surface area contributed by atoms with Gasteiger partial charge in [-0.1, -0.05) is 88.7 Å². The Morgan fingerprint density at radius 3 is 1.52 bits per heavy atom. The summed E-state index contributed by atoms with van der Waals surface area (Å²) in [4.78, 5) is 0. The average molecular weight is 601 g/mol. The first-order valence-corrected chi connectivity index (χ1v) is 9.14. The normalized spacial score (nSPS) is 19.7. The van der Waals surface area contributed by atoms with Gasteiger partial charge in [-0.2, -0.15) is 0 Å². The first-order valence-electron chi connectivity index (χ1n) is 8.34. The van der Waals surface area contributed by atoms with Gasteiger partial charge in [0.05, 0.1) is 5.41 Å². The fourth-order valence-corrected chi connectivity index (χ4v) is 4.53. The Labute approximate surface area is 193 Å². The molecule has 0 aromatic heterocycles. The second-order valence-corrected chi connectivity index (χ2v) is 7.58. The molecule has 1 aliphatic carbocycles. The Bertz CT molecular complexity index is 830. The standard InChI is InChI=1S/C22H19BrO2.2Rh/c23-19-13-11-18(12-14-19)22(20(24)25)15-21(22,16-7-3-1-4-8-16)17-9-5-2-6-10-17;;/h1-14,20,24-25H,15H2;;/t22-;;/m0../s1. The van der Waals surface area contributed by atoms with Gasteiger partial charge in [-0.3, -0.25) is 0 Å². The average Bonchev–Trinajstić information content (AvgIpc) is 3.37. The van der Waals surface area contributed by atoms with Crippen molar-refractivity contribution in [1.82, 2.24) is 0 Å². The van der Waals surface area contributed by atoms with Crippen LogP contribution in [0.2, 0.25) is 0 Å². The first kappa shape index (κ1) is 22.6. The van der Waals surface area contributed by atoms with Crippen LogP contribution < -0.4 is 0 Å². The summed E-state index contributed by atoms with van der Waals surface area (Å²) in [5.41, 5.74) is 1.96. The number of benzene rings is 3. The Morgan fingerprint density at radius 2 is 1.11 bits per heavy atom. The number of rotatable bonds is 4. The van der Waals surface area contributed by atoms with Crippen molar-refractivity contribution in [3.63, 3.8) is 0 Å². The molecule has 1 atom stereocenters. The molecular weight excluding hydrogens is 582 g/mol. The molecule has 2 radical (unpaired) electrons. The predicted molar refractivity (Wildman–Crippen MR) is 102 cm³/mol. The molecule has 144 valence electrons. The Hall–Kier alpha value is -0.693. The molecule has 0 amide bonds. The molecule has 0 heterocycles. The zero-order chi connectivity index (χ0) is 17.5. The largest absolute Gasteiger partial charge is 0.367 e. The Morgan fingerprint density at radius 1 is 0.667 bits per heavy atom. The summed E-state index contributed by atoms with van der Waals surface area (Å²) in [6.07, 6.45) is -0.790. The molecular formula is C22H19BrO2Rh2. The molecule has 1 saturated carbocycles. The Kier molecular flexibility index (Phi) is 7.33. The van der Waals surface area contributed by atoms with Crippen LogP contribution in [0.1, 0.15) is 23.1 Å². The summed E-state index contributed by atoms with van der Waals surface area (Å²) in [6, 6.07) is 28.2. The van der Waals surface area contributed by atoms with Gasteiger partial charge in [0.1, 0.15) is 0 Å². The topological polar surface area (TPSA) is 40.5 Å². The van der Waals surface area contributed by atoms with Crippen LogP contribution in [0, 0.1) is 0 Å². The third-order valence-electron chi connectivity index (χ3n) is 5.51.